The van der Waals surface area contributed by atoms with Crippen molar-refractivity contribution in [2.24, 2.45) is 0 Å². The summed E-state index contributed by atoms with van der Waals surface area (Å²) in [6.45, 7) is 7.46. The molecule has 3 nitrogen and oxygen atoms in total. The first-order valence-electron chi connectivity index (χ1n) is 6.62. The van der Waals surface area contributed by atoms with E-state index in [1.165, 1.54) is 0 Å². The molecule has 0 saturated heterocycles. The third kappa shape index (κ3) is 4.04. The Kier molecular flexibility index (Phi) is 5.73. The average molecular weight is 229 g/mol. The molecule has 0 radical (unpaired) electrons. The lowest BCUT2D eigenvalue weighted by Crippen LogP contribution is -2.55. The van der Waals surface area contributed by atoms with Crippen LogP contribution in [-0.4, -0.2) is 36.0 Å². The van der Waals surface area contributed by atoms with Gasteiger partial charge in [-0.15, -0.1) is 0 Å². The molecule has 96 valence electrons. The molecule has 1 rings (SSSR count). The quantitative estimate of drug-likeness (QED) is 0.733. The zero-order chi connectivity index (χ0) is 12.0. The molecule has 0 aliphatic heterocycles. The zero-order valence-corrected chi connectivity index (χ0v) is 11.0. The second-order valence-corrected chi connectivity index (χ2v) is 5.33. The van der Waals surface area contributed by atoms with E-state index in [0.717, 1.165) is 38.7 Å². The average Bonchev–Trinajstić information content (AvgIpc) is 2.26. The summed E-state index contributed by atoms with van der Waals surface area (Å²) < 4.78 is 5.82. The van der Waals surface area contributed by atoms with Crippen LogP contribution in [0.25, 0.3) is 0 Å². The molecule has 0 heterocycles. The minimum atomic E-state index is -0.106. The van der Waals surface area contributed by atoms with Crippen LogP contribution in [0.4, 0.5) is 0 Å². The Bertz CT molecular complexity index is 196. The third-order valence-corrected chi connectivity index (χ3v) is 3.26. The van der Waals surface area contributed by atoms with E-state index in [2.05, 4.69) is 26.1 Å². The second kappa shape index (κ2) is 6.58. The van der Waals surface area contributed by atoms with E-state index in [-0.39, 0.29) is 12.1 Å². The largest absolute Gasteiger partial charge is 0.394 e. The van der Waals surface area contributed by atoms with E-state index in [9.17, 15) is 5.11 Å². The van der Waals surface area contributed by atoms with E-state index in [4.69, 9.17) is 4.74 Å². The first-order valence-corrected chi connectivity index (χ1v) is 6.62. The molecule has 0 bridgehead atoms. The summed E-state index contributed by atoms with van der Waals surface area (Å²) in [4.78, 5) is 0. The number of hydrogen-bond donors (Lipinski definition) is 2. The standard InChI is InChI=1S/C13H27NO2/c1-4-8-16-12-6-5-7-13(9-12,10-15)14-11(2)3/h11-12,14-15H,4-10H2,1-3H3. The highest BCUT2D eigenvalue weighted by atomic mass is 16.5. The Morgan fingerprint density at radius 1 is 1.50 bits per heavy atom. The van der Waals surface area contributed by atoms with E-state index >= 15 is 0 Å². The number of nitrogens with one attached hydrogen (secondary N) is 1. The van der Waals surface area contributed by atoms with Gasteiger partial charge in [0.05, 0.1) is 12.7 Å². The lowest BCUT2D eigenvalue weighted by atomic mass is 9.80. The molecule has 16 heavy (non-hydrogen) atoms. The maximum atomic E-state index is 9.62. The summed E-state index contributed by atoms with van der Waals surface area (Å²) in [6, 6.07) is 0.414. The molecule has 1 aliphatic carbocycles. The maximum absolute atomic E-state index is 9.62. The smallest absolute Gasteiger partial charge is 0.0614 e. The van der Waals surface area contributed by atoms with Gasteiger partial charge in [0, 0.05) is 18.2 Å². The summed E-state index contributed by atoms with van der Waals surface area (Å²) in [5.41, 5.74) is -0.106. The molecule has 0 aromatic heterocycles. The van der Waals surface area contributed by atoms with Crippen molar-refractivity contribution in [2.45, 2.75) is 70.6 Å². The molecule has 1 saturated carbocycles. The summed E-state index contributed by atoms with van der Waals surface area (Å²) in [5, 5.41) is 13.1. The molecule has 1 fully saturated rings. The van der Waals surface area contributed by atoms with Gasteiger partial charge in [-0.05, 0) is 32.1 Å². The highest BCUT2D eigenvalue weighted by molar-refractivity contribution is 4.94. The van der Waals surface area contributed by atoms with Crippen LogP contribution < -0.4 is 5.32 Å². The Balaban J connectivity index is 2.50. The summed E-state index contributed by atoms with van der Waals surface area (Å²) in [5.74, 6) is 0. The molecule has 2 atom stereocenters. The molecule has 0 aromatic rings. The molecule has 0 amide bonds. The topological polar surface area (TPSA) is 41.5 Å². The van der Waals surface area contributed by atoms with Crippen molar-refractivity contribution in [3.63, 3.8) is 0 Å². The van der Waals surface area contributed by atoms with E-state index in [1.54, 1.807) is 0 Å². The minimum absolute atomic E-state index is 0.106. The van der Waals surface area contributed by atoms with Crippen molar-refractivity contribution in [3.8, 4) is 0 Å². The molecule has 0 spiro atoms. The molecule has 2 unspecified atom stereocenters. The number of rotatable bonds is 6. The maximum Gasteiger partial charge on any atom is 0.0614 e. The lowest BCUT2D eigenvalue weighted by Gasteiger charge is -2.41. The molecular weight excluding hydrogens is 202 g/mol. The van der Waals surface area contributed by atoms with Gasteiger partial charge in [0.15, 0.2) is 0 Å². The van der Waals surface area contributed by atoms with Gasteiger partial charge in [0.2, 0.25) is 0 Å². The van der Waals surface area contributed by atoms with Crippen molar-refractivity contribution in [1.29, 1.82) is 0 Å². The first kappa shape index (κ1) is 13.9. The van der Waals surface area contributed by atoms with E-state index < -0.39 is 0 Å². The van der Waals surface area contributed by atoms with Crippen molar-refractivity contribution >= 4 is 0 Å². The Morgan fingerprint density at radius 3 is 2.81 bits per heavy atom. The highest BCUT2D eigenvalue weighted by Crippen LogP contribution is 2.30. The summed E-state index contributed by atoms with van der Waals surface area (Å²) >= 11 is 0. The van der Waals surface area contributed by atoms with Gasteiger partial charge in [-0.3, -0.25) is 0 Å². The van der Waals surface area contributed by atoms with Crippen molar-refractivity contribution in [3.05, 3.63) is 0 Å². The predicted octanol–water partition coefficient (Wildman–Crippen LogP) is 2.08. The second-order valence-electron chi connectivity index (χ2n) is 5.33. The number of aliphatic hydroxyl groups excluding tert-OH is 1. The van der Waals surface area contributed by atoms with Crippen molar-refractivity contribution in [1.82, 2.24) is 5.32 Å². The fraction of sp³-hybridized carbons (Fsp3) is 1.00. The van der Waals surface area contributed by atoms with Gasteiger partial charge in [-0.25, -0.2) is 0 Å². The molecule has 2 N–H and O–H groups in total. The fourth-order valence-electron chi connectivity index (χ4n) is 2.67. The number of hydrogen-bond acceptors (Lipinski definition) is 3. The van der Waals surface area contributed by atoms with Crippen molar-refractivity contribution in [2.75, 3.05) is 13.2 Å². The van der Waals surface area contributed by atoms with Crippen LogP contribution in [0.1, 0.15) is 52.9 Å². The molecular formula is C13H27NO2. The number of aliphatic hydroxyl groups is 1. The van der Waals surface area contributed by atoms with Crippen LogP contribution in [0.3, 0.4) is 0 Å². The Labute approximate surface area is 99.6 Å². The summed E-state index contributed by atoms with van der Waals surface area (Å²) in [6.07, 6.45) is 5.69. The van der Waals surface area contributed by atoms with Gasteiger partial charge in [0.1, 0.15) is 0 Å². The normalized spacial score (nSPS) is 30.9. The first-order chi connectivity index (χ1) is 7.62. The monoisotopic (exact) mass is 229 g/mol. The van der Waals surface area contributed by atoms with Gasteiger partial charge < -0.3 is 15.2 Å². The fourth-order valence-corrected chi connectivity index (χ4v) is 2.67. The zero-order valence-electron chi connectivity index (χ0n) is 11.0. The predicted molar refractivity (Wildman–Crippen MR) is 66.6 cm³/mol. The van der Waals surface area contributed by atoms with E-state index in [0.29, 0.717) is 12.1 Å². The molecule has 0 aromatic carbocycles. The van der Waals surface area contributed by atoms with Crippen molar-refractivity contribution < 1.29 is 9.84 Å². The van der Waals surface area contributed by atoms with Crippen LogP contribution >= 0.6 is 0 Å². The van der Waals surface area contributed by atoms with Gasteiger partial charge in [-0.2, -0.15) is 0 Å². The van der Waals surface area contributed by atoms with Gasteiger partial charge in [-0.1, -0.05) is 20.8 Å². The van der Waals surface area contributed by atoms with Crippen LogP contribution in [-0.2, 0) is 4.74 Å². The summed E-state index contributed by atoms with van der Waals surface area (Å²) in [7, 11) is 0. The van der Waals surface area contributed by atoms with Crippen LogP contribution in [0.5, 0.6) is 0 Å². The van der Waals surface area contributed by atoms with Crippen LogP contribution in [0, 0.1) is 0 Å². The third-order valence-electron chi connectivity index (χ3n) is 3.26. The lowest BCUT2D eigenvalue weighted by molar-refractivity contribution is -0.0176. The Hall–Kier alpha value is -0.120. The van der Waals surface area contributed by atoms with Gasteiger partial charge >= 0.3 is 0 Å². The molecule has 3 heteroatoms. The minimum Gasteiger partial charge on any atom is -0.394 e. The van der Waals surface area contributed by atoms with Crippen LogP contribution in [0.15, 0.2) is 0 Å². The van der Waals surface area contributed by atoms with E-state index in [1.807, 2.05) is 0 Å². The van der Waals surface area contributed by atoms with Crippen LogP contribution in [0.2, 0.25) is 0 Å². The Morgan fingerprint density at radius 2 is 2.25 bits per heavy atom. The SMILES string of the molecule is CCCOC1CCCC(CO)(NC(C)C)C1. The van der Waals surface area contributed by atoms with Gasteiger partial charge in [0.25, 0.3) is 0 Å². The number of ether oxygens (including phenoxy) is 1. The highest BCUT2D eigenvalue weighted by Gasteiger charge is 2.36. The molecule has 1 aliphatic rings.